The molecule has 0 bridgehead atoms. The van der Waals surface area contributed by atoms with Crippen molar-refractivity contribution in [1.82, 2.24) is 0 Å². The number of fused-ring (bicyclic) bond motifs is 5. The lowest BCUT2D eigenvalue weighted by molar-refractivity contribution is -0.0532. The van der Waals surface area contributed by atoms with Crippen molar-refractivity contribution < 1.29 is 0 Å². The van der Waals surface area contributed by atoms with Gasteiger partial charge < -0.3 is 0 Å². The van der Waals surface area contributed by atoms with E-state index >= 15 is 0 Å². The van der Waals surface area contributed by atoms with Crippen LogP contribution in [0.15, 0.2) is 11.6 Å². The van der Waals surface area contributed by atoms with E-state index in [1.54, 1.807) is 12.8 Å². The van der Waals surface area contributed by atoms with Gasteiger partial charge in [0.05, 0.1) is 0 Å². The van der Waals surface area contributed by atoms with Crippen LogP contribution in [0.4, 0.5) is 0 Å². The third kappa shape index (κ3) is 3.55. The van der Waals surface area contributed by atoms with Crippen LogP contribution in [0.2, 0.25) is 0 Å². The molecule has 0 aromatic heterocycles. The summed E-state index contributed by atoms with van der Waals surface area (Å²) in [5.74, 6) is 8.00. The molecule has 0 amide bonds. The van der Waals surface area contributed by atoms with Crippen molar-refractivity contribution in [3.63, 3.8) is 0 Å². The average molecular weight is 411 g/mol. The summed E-state index contributed by atoms with van der Waals surface area (Å²) < 4.78 is 0. The monoisotopic (exact) mass is 410 g/mol. The number of hydrogen-bond acceptors (Lipinski definition) is 0. The van der Waals surface area contributed by atoms with Crippen LogP contribution < -0.4 is 0 Å². The van der Waals surface area contributed by atoms with Crippen LogP contribution in [0.5, 0.6) is 0 Å². The zero-order valence-electron chi connectivity index (χ0n) is 20.9. The Hall–Kier alpha value is -0.260. The fraction of sp³-hybridized carbons (Fsp3) is 0.933. The van der Waals surface area contributed by atoms with Crippen LogP contribution in [0, 0.1) is 58.2 Å². The van der Waals surface area contributed by atoms with E-state index in [1.807, 2.05) is 5.57 Å². The van der Waals surface area contributed by atoms with E-state index in [1.165, 1.54) is 70.6 Å². The first-order valence-electron chi connectivity index (χ1n) is 14.0. The minimum atomic E-state index is 0.566. The SMILES string of the molecule is CC(C)CCCC(C)C1CCC2C3CC=C4CC(C5CC5)CCC4(C)C3CCC12C. The molecule has 8 atom stereocenters. The Morgan fingerprint density at radius 3 is 2.40 bits per heavy atom. The molecule has 0 heteroatoms. The molecule has 0 radical (unpaired) electrons. The third-order valence-electron chi connectivity index (χ3n) is 11.6. The Labute approximate surface area is 188 Å². The second kappa shape index (κ2) is 7.95. The number of allylic oxidation sites excluding steroid dienone is 2. The molecule has 5 aliphatic carbocycles. The highest BCUT2D eigenvalue weighted by atomic mass is 14.6. The minimum absolute atomic E-state index is 0.566. The molecule has 0 N–H and O–H groups in total. The van der Waals surface area contributed by atoms with E-state index in [2.05, 4.69) is 40.7 Å². The molecule has 170 valence electrons. The average Bonchev–Trinajstić information content (AvgIpc) is 3.48. The molecule has 0 saturated heterocycles. The molecule has 4 fully saturated rings. The van der Waals surface area contributed by atoms with Gasteiger partial charge in [-0.25, -0.2) is 0 Å². The van der Waals surface area contributed by atoms with Gasteiger partial charge in [-0.1, -0.05) is 65.5 Å². The summed E-state index contributed by atoms with van der Waals surface area (Å²) in [5, 5.41) is 0. The van der Waals surface area contributed by atoms with Gasteiger partial charge in [-0.15, -0.1) is 0 Å². The molecule has 30 heavy (non-hydrogen) atoms. The van der Waals surface area contributed by atoms with Crippen LogP contribution in [-0.2, 0) is 0 Å². The van der Waals surface area contributed by atoms with E-state index in [9.17, 15) is 0 Å². The first-order chi connectivity index (χ1) is 14.3. The summed E-state index contributed by atoms with van der Waals surface area (Å²) in [6.45, 7) is 12.9. The molecule has 0 aromatic carbocycles. The highest BCUT2D eigenvalue weighted by molar-refractivity contribution is 5.25. The predicted octanol–water partition coefficient (Wildman–Crippen LogP) is 9.05. The quantitative estimate of drug-likeness (QED) is 0.383. The van der Waals surface area contributed by atoms with Gasteiger partial charge in [0, 0.05) is 0 Å². The predicted molar refractivity (Wildman–Crippen MR) is 129 cm³/mol. The van der Waals surface area contributed by atoms with E-state index in [-0.39, 0.29) is 0 Å². The normalized spacial score (nSPS) is 46.7. The lowest BCUT2D eigenvalue weighted by Crippen LogP contribution is -2.50. The molecule has 0 nitrogen and oxygen atoms in total. The lowest BCUT2D eigenvalue weighted by Gasteiger charge is -2.58. The molecule has 5 aliphatic rings. The molecule has 5 rings (SSSR count). The number of hydrogen-bond donors (Lipinski definition) is 0. The highest BCUT2D eigenvalue weighted by Crippen LogP contribution is 2.68. The maximum absolute atomic E-state index is 2.81. The van der Waals surface area contributed by atoms with Gasteiger partial charge in [-0.05, 0) is 122 Å². The summed E-state index contributed by atoms with van der Waals surface area (Å²) >= 11 is 0. The smallest absolute Gasteiger partial charge is 0.00851 e. The standard InChI is InChI=1S/C30H50/c1-20(2)7-6-8-21(3)26-13-14-27-25-12-11-24-19-23(22-9-10-22)15-17-29(24,4)28(25)16-18-30(26,27)5/h11,20-23,25-28H,6-10,12-19H2,1-5H3. The molecular formula is C30H50. The molecule has 0 aromatic rings. The Morgan fingerprint density at radius 2 is 1.67 bits per heavy atom. The van der Waals surface area contributed by atoms with Crippen molar-refractivity contribution in [1.29, 1.82) is 0 Å². The van der Waals surface area contributed by atoms with Gasteiger partial charge >= 0.3 is 0 Å². The Morgan fingerprint density at radius 1 is 0.867 bits per heavy atom. The van der Waals surface area contributed by atoms with Crippen molar-refractivity contribution in [2.45, 2.75) is 118 Å². The minimum Gasteiger partial charge on any atom is -0.0845 e. The van der Waals surface area contributed by atoms with Crippen molar-refractivity contribution in [3.05, 3.63) is 11.6 Å². The van der Waals surface area contributed by atoms with Crippen LogP contribution in [0.3, 0.4) is 0 Å². The topological polar surface area (TPSA) is 0 Å². The lowest BCUT2D eigenvalue weighted by atomic mass is 9.46. The van der Waals surface area contributed by atoms with Crippen molar-refractivity contribution in [2.75, 3.05) is 0 Å². The number of rotatable bonds is 6. The van der Waals surface area contributed by atoms with Crippen molar-refractivity contribution >= 4 is 0 Å². The first-order valence-corrected chi connectivity index (χ1v) is 14.0. The molecule has 8 unspecified atom stereocenters. The zero-order chi connectivity index (χ0) is 21.1. The fourth-order valence-corrected chi connectivity index (χ4v) is 9.68. The Kier molecular flexibility index (Phi) is 5.72. The van der Waals surface area contributed by atoms with Gasteiger partial charge in [0.2, 0.25) is 0 Å². The van der Waals surface area contributed by atoms with Gasteiger partial charge in [-0.3, -0.25) is 0 Å². The maximum Gasteiger partial charge on any atom is -0.00851 e. The van der Waals surface area contributed by atoms with E-state index in [0.717, 1.165) is 47.3 Å². The van der Waals surface area contributed by atoms with Gasteiger partial charge in [0.15, 0.2) is 0 Å². The maximum atomic E-state index is 2.81. The summed E-state index contributed by atoms with van der Waals surface area (Å²) in [6, 6.07) is 0. The summed E-state index contributed by atoms with van der Waals surface area (Å²) in [5.41, 5.74) is 3.13. The highest BCUT2D eigenvalue weighted by Gasteiger charge is 2.59. The summed E-state index contributed by atoms with van der Waals surface area (Å²) in [7, 11) is 0. The largest absolute Gasteiger partial charge is 0.0845 e. The van der Waals surface area contributed by atoms with Crippen LogP contribution in [0.25, 0.3) is 0 Å². The van der Waals surface area contributed by atoms with E-state index in [4.69, 9.17) is 0 Å². The van der Waals surface area contributed by atoms with E-state index < -0.39 is 0 Å². The Balaban J connectivity index is 1.30. The molecule has 0 heterocycles. The molecule has 4 saturated carbocycles. The molecule has 0 spiro atoms. The fourth-order valence-electron chi connectivity index (χ4n) is 9.68. The molecule has 0 aliphatic heterocycles. The van der Waals surface area contributed by atoms with Crippen LogP contribution in [0.1, 0.15) is 118 Å². The van der Waals surface area contributed by atoms with Crippen LogP contribution in [-0.4, -0.2) is 0 Å². The second-order valence-electron chi connectivity index (χ2n) is 13.6. The van der Waals surface area contributed by atoms with E-state index in [0.29, 0.717) is 10.8 Å². The van der Waals surface area contributed by atoms with Gasteiger partial charge in [-0.2, -0.15) is 0 Å². The molecular weight excluding hydrogens is 360 g/mol. The summed E-state index contributed by atoms with van der Waals surface area (Å²) in [4.78, 5) is 0. The van der Waals surface area contributed by atoms with Crippen LogP contribution >= 0.6 is 0 Å². The van der Waals surface area contributed by atoms with Crippen molar-refractivity contribution in [2.24, 2.45) is 58.2 Å². The van der Waals surface area contributed by atoms with Gasteiger partial charge in [0.25, 0.3) is 0 Å². The second-order valence-corrected chi connectivity index (χ2v) is 13.6. The van der Waals surface area contributed by atoms with Crippen molar-refractivity contribution in [3.8, 4) is 0 Å². The zero-order valence-corrected chi connectivity index (χ0v) is 20.9. The third-order valence-corrected chi connectivity index (χ3v) is 11.6. The first kappa shape index (κ1) is 21.6. The van der Waals surface area contributed by atoms with Gasteiger partial charge in [0.1, 0.15) is 0 Å². The summed E-state index contributed by atoms with van der Waals surface area (Å²) in [6.07, 6.45) is 22.3. The Bertz CT molecular complexity index is 653.